The van der Waals surface area contributed by atoms with Gasteiger partial charge in [-0.15, -0.1) is 11.3 Å². The van der Waals surface area contributed by atoms with Crippen molar-refractivity contribution in [1.82, 2.24) is 4.98 Å². The van der Waals surface area contributed by atoms with E-state index in [1.807, 2.05) is 19.1 Å². The van der Waals surface area contributed by atoms with Crippen molar-refractivity contribution in [3.05, 3.63) is 70.2 Å². The minimum absolute atomic E-state index is 0.0992. The molecule has 0 amide bonds. The maximum atomic E-state index is 12.4. The molecule has 3 rings (SSSR count). The molecule has 0 saturated heterocycles. The van der Waals surface area contributed by atoms with E-state index >= 15 is 0 Å². The highest BCUT2D eigenvalue weighted by molar-refractivity contribution is 7.17. The van der Waals surface area contributed by atoms with Crippen molar-refractivity contribution in [2.45, 2.75) is 67.0 Å². The van der Waals surface area contributed by atoms with E-state index in [1.54, 1.807) is 31.3 Å². The van der Waals surface area contributed by atoms with Gasteiger partial charge in [-0.05, 0) is 60.4 Å². The molecular formula is C27H35F3N2S. The third kappa shape index (κ3) is 8.77. The van der Waals surface area contributed by atoms with Crippen LogP contribution in [0.4, 0.5) is 13.2 Å². The first kappa shape index (κ1) is 28.6. The minimum atomic E-state index is -4.24. The molecule has 2 heterocycles. The number of benzene rings is 1. The standard InChI is InChI=1S/C12H12N2S.C10H11F3.C5H12/c1-3-9(6-13)10-4-5-11-12(14-10)8(2)7-15-11;1-7(2)8-5-3-4-6-9(8)10(11,12)13;1-4-5(2)3/h3-7,13H,1-2H3;3-7H,1-2H3;5H,4H2,1-3H3/b9-3+,13-6?;;. The van der Waals surface area contributed by atoms with E-state index in [0.717, 1.165) is 28.8 Å². The zero-order valence-electron chi connectivity index (χ0n) is 20.5. The minimum Gasteiger partial charge on any atom is -0.308 e. The molecular weight excluding hydrogens is 441 g/mol. The number of rotatable bonds is 4. The number of nitrogens with zero attached hydrogens (tertiary/aromatic N) is 1. The molecule has 0 unspecified atom stereocenters. The molecule has 1 N–H and O–H groups in total. The SMILES string of the molecule is C/C=C(\C=N)c1ccc2scc(C)c2n1.CC(C)c1ccccc1C(F)(F)F.CCC(C)C. The third-order valence-electron chi connectivity index (χ3n) is 5.06. The molecule has 0 saturated carbocycles. The Balaban J connectivity index is 0.000000277. The summed E-state index contributed by atoms with van der Waals surface area (Å²) in [7, 11) is 0. The number of halogens is 3. The van der Waals surface area contributed by atoms with Crippen LogP contribution in [0.25, 0.3) is 15.8 Å². The fraction of sp³-hybridized carbons (Fsp3) is 0.407. The molecule has 0 spiro atoms. The predicted molar refractivity (Wildman–Crippen MR) is 137 cm³/mol. The first-order valence-electron chi connectivity index (χ1n) is 11.1. The van der Waals surface area contributed by atoms with Crippen LogP contribution in [0.3, 0.4) is 0 Å². The number of hydrogen-bond donors (Lipinski definition) is 1. The Morgan fingerprint density at radius 1 is 1.09 bits per heavy atom. The van der Waals surface area contributed by atoms with Gasteiger partial charge in [0.15, 0.2) is 0 Å². The number of alkyl halides is 3. The van der Waals surface area contributed by atoms with Gasteiger partial charge in [-0.1, -0.05) is 65.3 Å². The highest BCUT2D eigenvalue weighted by Crippen LogP contribution is 2.34. The Kier molecular flexibility index (Phi) is 11.5. The molecule has 0 bridgehead atoms. The molecule has 0 atom stereocenters. The zero-order valence-corrected chi connectivity index (χ0v) is 21.4. The second kappa shape index (κ2) is 13.3. The van der Waals surface area contributed by atoms with E-state index in [1.165, 1.54) is 35.0 Å². The molecule has 2 nitrogen and oxygen atoms in total. The Labute approximate surface area is 200 Å². The number of aromatic nitrogens is 1. The van der Waals surface area contributed by atoms with Gasteiger partial charge in [-0.25, -0.2) is 4.98 Å². The van der Waals surface area contributed by atoms with Gasteiger partial charge in [0.1, 0.15) is 0 Å². The fourth-order valence-electron chi connectivity index (χ4n) is 2.76. The molecule has 0 aliphatic rings. The van der Waals surface area contributed by atoms with Gasteiger partial charge in [0.25, 0.3) is 0 Å². The van der Waals surface area contributed by atoms with E-state index in [4.69, 9.17) is 5.41 Å². The lowest BCUT2D eigenvalue weighted by atomic mass is 9.97. The normalized spacial score (nSPS) is 11.7. The van der Waals surface area contributed by atoms with Crippen molar-refractivity contribution in [2.24, 2.45) is 5.92 Å². The number of allylic oxidation sites excluding steroid dienone is 2. The molecule has 6 heteroatoms. The van der Waals surface area contributed by atoms with Gasteiger partial charge in [-0.2, -0.15) is 13.2 Å². The highest BCUT2D eigenvalue weighted by atomic mass is 32.1. The van der Waals surface area contributed by atoms with Crippen LogP contribution in [0, 0.1) is 18.3 Å². The number of aryl methyl sites for hydroxylation is 1. The Bertz CT molecular complexity index is 1050. The van der Waals surface area contributed by atoms with Crippen LogP contribution in [-0.4, -0.2) is 11.2 Å². The van der Waals surface area contributed by atoms with Crippen molar-refractivity contribution in [3.63, 3.8) is 0 Å². The maximum Gasteiger partial charge on any atom is 0.416 e. The predicted octanol–water partition coefficient (Wildman–Crippen LogP) is 9.54. The molecule has 1 aromatic carbocycles. The van der Waals surface area contributed by atoms with E-state index in [2.05, 4.69) is 44.1 Å². The summed E-state index contributed by atoms with van der Waals surface area (Å²) in [6, 6.07) is 9.73. The fourth-order valence-corrected chi connectivity index (χ4v) is 3.64. The van der Waals surface area contributed by atoms with Crippen LogP contribution in [0.15, 0.2) is 47.9 Å². The summed E-state index contributed by atoms with van der Waals surface area (Å²) in [6.45, 7) is 14.1. The van der Waals surface area contributed by atoms with Crippen LogP contribution in [0.2, 0.25) is 0 Å². The monoisotopic (exact) mass is 476 g/mol. The van der Waals surface area contributed by atoms with E-state index in [9.17, 15) is 13.2 Å². The summed E-state index contributed by atoms with van der Waals surface area (Å²) in [5.74, 6) is 0.785. The molecule has 0 aliphatic heterocycles. The van der Waals surface area contributed by atoms with Crippen LogP contribution in [0.1, 0.15) is 76.3 Å². The van der Waals surface area contributed by atoms with Crippen LogP contribution in [0.5, 0.6) is 0 Å². The largest absolute Gasteiger partial charge is 0.416 e. The Hall–Kier alpha value is -2.47. The smallest absolute Gasteiger partial charge is 0.308 e. The van der Waals surface area contributed by atoms with Gasteiger partial charge in [0, 0.05) is 11.8 Å². The van der Waals surface area contributed by atoms with Crippen LogP contribution in [-0.2, 0) is 6.18 Å². The molecule has 0 aliphatic carbocycles. The summed E-state index contributed by atoms with van der Waals surface area (Å²) in [5.41, 5.74) is 3.83. The molecule has 0 fully saturated rings. The second-order valence-corrected chi connectivity index (χ2v) is 9.30. The first-order valence-corrected chi connectivity index (χ1v) is 12.0. The third-order valence-corrected chi connectivity index (χ3v) is 6.12. The first-order chi connectivity index (χ1) is 15.5. The van der Waals surface area contributed by atoms with Crippen molar-refractivity contribution in [3.8, 4) is 0 Å². The van der Waals surface area contributed by atoms with Gasteiger partial charge < -0.3 is 5.41 Å². The summed E-state index contributed by atoms with van der Waals surface area (Å²) in [6.07, 6.45) is 0.319. The van der Waals surface area contributed by atoms with Gasteiger partial charge >= 0.3 is 6.18 Å². The van der Waals surface area contributed by atoms with Gasteiger partial charge in [-0.3, -0.25) is 0 Å². The van der Waals surface area contributed by atoms with Crippen molar-refractivity contribution >= 4 is 33.3 Å². The number of pyridine rings is 1. The molecule has 180 valence electrons. The lowest BCUT2D eigenvalue weighted by molar-refractivity contribution is -0.138. The van der Waals surface area contributed by atoms with Crippen molar-refractivity contribution in [2.75, 3.05) is 0 Å². The summed E-state index contributed by atoms with van der Waals surface area (Å²) >= 11 is 1.71. The quantitative estimate of drug-likeness (QED) is 0.374. The molecule has 3 aromatic rings. The highest BCUT2D eigenvalue weighted by Gasteiger charge is 2.33. The average molecular weight is 477 g/mol. The number of hydrogen-bond acceptors (Lipinski definition) is 3. The summed E-state index contributed by atoms with van der Waals surface area (Å²) in [4.78, 5) is 4.57. The second-order valence-electron chi connectivity index (χ2n) is 8.39. The Morgan fingerprint density at radius 2 is 1.70 bits per heavy atom. The molecule has 0 radical (unpaired) electrons. The number of nitrogens with one attached hydrogen (secondary N) is 1. The van der Waals surface area contributed by atoms with Crippen LogP contribution < -0.4 is 0 Å². The number of thiophene rings is 1. The van der Waals surface area contributed by atoms with Gasteiger partial charge in [0.2, 0.25) is 0 Å². The molecule has 2 aromatic heterocycles. The van der Waals surface area contributed by atoms with Crippen LogP contribution >= 0.6 is 11.3 Å². The van der Waals surface area contributed by atoms with E-state index < -0.39 is 11.7 Å². The summed E-state index contributed by atoms with van der Waals surface area (Å²) < 4.78 is 38.4. The maximum absolute atomic E-state index is 12.4. The number of fused-ring (bicyclic) bond motifs is 1. The average Bonchev–Trinajstić information content (AvgIpc) is 3.15. The Morgan fingerprint density at radius 3 is 2.15 bits per heavy atom. The summed E-state index contributed by atoms with van der Waals surface area (Å²) in [5, 5.41) is 9.40. The zero-order chi connectivity index (χ0) is 25.2. The van der Waals surface area contributed by atoms with Crippen molar-refractivity contribution in [1.29, 1.82) is 5.41 Å². The molecule has 33 heavy (non-hydrogen) atoms. The van der Waals surface area contributed by atoms with E-state index in [-0.39, 0.29) is 5.92 Å². The van der Waals surface area contributed by atoms with Crippen molar-refractivity contribution < 1.29 is 13.2 Å². The lowest BCUT2D eigenvalue weighted by Gasteiger charge is -2.14. The van der Waals surface area contributed by atoms with Gasteiger partial charge in [0.05, 0.1) is 21.5 Å². The van der Waals surface area contributed by atoms with E-state index in [0.29, 0.717) is 5.56 Å². The lowest BCUT2D eigenvalue weighted by Crippen LogP contribution is -2.09. The topological polar surface area (TPSA) is 36.7 Å².